The van der Waals surface area contributed by atoms with Crippen molar-refractivity contribution in [2.24, 2.45) is 17.6 Å². The van der Waals surface area contributed by atoms with Gasteiger partial charge in [0.1, 0.15) is 0 Å². The Morgan fingerprint density at radius 3 is 1.62 bits per heavy atom. The van der Waals surface area contributed by atoms with Crippen molar-refractivity contribution in [1.82, 2.24) is 4.90 Å². The molecule has 0 aliphatic heterocycles. The van der Waals surface area contributed by atoms with Crippen LogP contribution in [0.1, 0.15) is 89.9 Å². The average molecular weight is 357 g/mol. The summed E-state index contributed by atoms with van der Waals surface area (Å²) in [6.07, 6.45) is 17.5. The number of hydrogen-bond acceptors (Lipinski definition) is 2. The molecule has 0 aromatic carbocycles. The highest BCUT2D eigenvalue weighted by Crippen LogP contribution is 2.35. The third kappa shape index (κ3) is 4.88. The number of nitrogens with zero attached hydrogens (tertiary/aromatic N) is 1. The summed E-state index contributed by atoms with van der Waals surface area (Å²) in [7, 11) is 0. The molecule has 3 nitrogen and oxygen atoms in total. The number of amides is 1. The molecule has 3 aliphatic carbocycles. The van der Waals surface area contributed by atoms with E-state index in [2.05, 4.69) is 4.90 Å². The van der Waals surface area contributed by atoms with E-state index in [1.54, 1.807) is 0 Å². The van der Waals surface area contributed by atoms with Crippen LogP contribution in [0, 0.1) is 11.8 Å². The highest BCUT2D eigenvalue weighted by atomic mass is 35.5. The minimum absolute atomic E-state index is 0. The molecule has 0 saturated heterocycles. The van der Waals surface area contributed by atoms with Gasteiger partial charge in [0, 0.05) is 18.0 Å². The highest BCUT2D eigenvalue weighted by Gasteiger charge is 2.37. The quantitative estimate of drug-likeness (QED) is 0.795. The van der Waals surface area contributed by atoms with Crippen molar-refractivity contribution in [3.05, 3.63) is 0 Å². The van der Waals surface area contributed by atoms with E-state index < -0.39 is 0 Å². The lowest BCUT2D eigenvalue weighted by molar-refractivity contribution is -0.143. The lowest BCUT2D eigenvalue weighted by Gasteiger charge is -2.44. The second-order valence-corrected chi connectivity index (χ2v) is 8.28. The minimum Gasteiger partial charge on any atom is -0.336 e. The molecule has 140 valence electrons. The first-order chi connectivity index (χ1) is 11.3. The van der Waals surface area contributed by atoms with Gasteiger partial charge in [0.15, 0.2) is 0 Å². The SMILES string of the molecule is Cl.NCC1CCC(C(=O)N(C2CCCCC2)C2CCCCC2)CC1. The van der Waals surface area contributed by atoms with Gasteiger partial charge in [-0.05, 0) is 63.8 Å². The monoisotopic (exact) mass is 356 g/mol. The van der Waals surface area contributed by atoms with Gasteiger partial charge in [-0.15, -0.1) is 12.4 Å². The summed E-state index contributed by atoms with van der Waals surface area (Å²) in [4.78, 5) is 15.8. The smallest absolute Gasteiger partial charge is 0.226 e. The van der Waals surface area contributed by atoms with Crippen LogP contribution in [-0.2, 0) is 4.79 Å². The Hall–Kier alpha value is -0.280. The molecule has 2 N–H and O–H groups in total. The Kier molecular flexibility index (Phi) is 8.36. The molecule has 0 atom stereocenters. The van der Waals surface area contributed by atoms with Gasteiger partial charge in [0.05, 0.1) is 0 Å². The first-order valence-corrected chi connectivity index (χ1v) is 10.3. The molecule has 0 aromatic rings. The van der Waals surface area contributed by atoms with E-state index in [1.807, 2.05) is 0 Å². The summed E-state index contributed by atoms with van der Waals surface area (Å²) in [5.74, 6) is 1.47. The summed E-state index contributed by atoms with van der Waals surface area (Å²) >= 11 is 0. The van der Waals surface area contributed by atoms with E-state index in [1.165, 1.54) is 64.2 Å². The van der Waals surface area contributed by atoms with Gasteiger partial charge in [0.2, 0.25) is 5.91 Å². The fourth-order valence-corrected chi connectivity index (χ4v) is 5.23. The van der Waals surface area contributed by atoms with Crippen LogP contribution in [0.5, 0.6) is 0 Å². The average Bonchev–Trinajstić information content (AvgIpc) is 2.64. The van der Waals surface area contributed by atoms with Crippen molar-refractivity contribution in [2.75, 3.05) is 6.54 Å². The van der Waals surface area contributed by atoms with Gasteiger partial charge >= 0.3 is 0 Å². The van der Waals surface area contributed by atoms with Crippen molar-refractivity contribution in [3.8, 4) is 0 Å². The maximum atomic E-state index is 13.4. The van der Waals surface area contributed by atoms with Crippen LogP contribution >= 0.6 is 12.4 Å². The fourth-order valence-electron chi connectivity index (χ4n) is 5.23. The molecule has 0 spiro atoms. The van der Waals surface area contributed by atoms with Crippen LogP contribution < -0.4 is 5.73 Å². The zero-order chi connectivity index (χ0) is 16.1. The van der Waals surface area contributed by atoms with Gasteiger partial charge in [0.25, 0.3) is 0 Å². The van der Waals surface area contributed by atoms with Gasteiger partial charge in [-0.3, -0.25) is 4.79 Å². The number of hydrogen-bond donors (Lipinski definition) is 1. The van der Waals surface area contributed by atoms with Crippen LogP contribution in [0.4, 0.5) is 0 Å². The largest absolute Gasteiger partial charge is 0.336 e. The Balaban J connectivity index is 0.00000208. The van der Waals surface area contributed by atoms with Crippen molar-refractivity contribution < 1.29 is 4.79 Å². The maximum absolute atomic E-state index is 13.4. The number of nitrogens with two attached hydrogens (primary N) is 1. The minimum atomic E-state index is 0. The van der Waals surface area contributed by atoms with Crippen molar-refractivity contribution in [2.45, 2.75) is 102 Å². The molecule has 3 saturated carbocycles. The standard InChI is InChI=1S/C20H36N2O.ClH/c21-15-16-11-13-17(14-12-16)20(23)22(18-7-3-1-4-8-18)19-9-5-2-6-10-19;/h16-19H,1-15,21H2;1H. The number of halogens is 1. The molecule has 3 rings (SSSR count). The molecular formula is C20H37ClN2O. The Morgan fingerprint density at radius 2 is 1.21 bits per heavy atom. The molecule has 4 heteroatoms. The summed E-state index contributed by atoms with van der Waals surface area (Å²) in [5, 5.41) is 0. The van der Waals surface area contributed by atoms with Gasteiger partial charge < -0.3 is 10.6 Å². The summed E-state index contributed by atoms with van der Waals surface area (Å²) in [6, 6.07) is 1.10. The molecule has 24 heavy (non-hydrogen) atoms. The number of rotatable bonds is 4. The molecule has 0 radical (unpaired) electrons. The second-order valence-electron chi connectivity index (χ2n) is 8.28. The Labute approximate surface area is 154 Å². The zero-order valence-electron chi connectivity index (χ0n) is 15.3. The molecule has 0 aromatic heterocycles. The molecule has 3 fully saturated rings. The molecule has 0 unspecified atom stereocenters. The molecule has 1 amide bonds. The van der Waals surface area contributed by atoms with Crippen LogP contribution in [0.2, 0.25) is 0 Å². The van der Waals surface area contributed by atoms with Crippen LogP contribution in [0.3, 0.4) is 0 Å². The summed E-state index contributed by atoms with van der Waals surface area (Å²) in [5.41, 5.74) is 5.82. The Bertz CT molecular complexity index is 352. The zero-order valence-corrected chi connectivity index (χ0v) is 16.1. The first kappa shape index (κ1) is 20.0. The van der Waals surface area contributed by atoms with Crippen LogP contribution in [0.25, 0.3) is 0 Å². The number of carbonyl (C=O) groups excluding carboxylic acids is 1. The fraction of sp³-hybridized carbons (Fsp3) is 0.950. The third-order valence-corrected chi connectivity index (χ3v) is 6.72. The van der Waals surface area contributed by atoms with Crippen molar-refractivity contribution in [1.29, 1.82) is 0 Å². The summed E-state index contributed by atoms with van der Waals surface area (Å²) < 4.78 is 0. The van der Waals surface area contributed by atoms with Crippen molar-refractivity contribution in [3.63, 3.8) is 0 Å². The van der Waals surface area contributed by atoms with E-state index in [-0.39, 0.29) is 12.4 Å². The van der Waals surface area contributed by atoms with Crippen LogP contribution in [-0.4, -0.2) is 29.4 Å². The van der Waals surface area contributed by atoms with E-state index in [4.69, 9.17) is 5.73 Å². The van der Waals surface area contributed by atoms with Crippen molar-refractivity contribution >= 4 is 18.3 Å². The van der Waals surface area contributed by atoms with Gasteiger partial charge in [-0.25, -0.2) is 0 Å². The van der Waals surface area contributed by atoms with E-state index in [0.29, 0.717) is 29.8 Å². The van der Waals surface area contributed by atoms with E-state index in [0.717, 1.165) is 32.2 Å². The number of carbonyl (C=O) groups is 1. The van der Waals surface area contributed by atoms with Crippen LogP contribution in [0.15, 0.2) is 0 Å². The maximum Gasteiger partial charge on any atom is 0.226 e. The molecule has 3 aliphatic rings. The first-order valence-electron chi connectivity index (χ1n) is 10.3. The topological polar surface area (TPSA) is 46.3 Å². The molecule has 0 bridgehead atoms. The predicted molar refractivity (Wildman–Crippen MR) is 102 cm³/mol. The normalized spacial score (nSPS) is 29.7. The summed E-state index contributed by atoms with van der Waals surface area (Å²) in [6.45, 7) is 0.801. The van der Waals surface area contributed by atoms with E-state index >= 15 is 0 Å². The lowest BCUT2D eigenvalue weighted by atomic mass is 9.80. The van der Waals surface area contributed by atoms with Gasteiger partial charge in [-0.1, -0.05) is 38.5 Å². The van der Waals surface area contributed by atoms with Gasteiger partial charge in [-0.2, -0.15) is 0 Å². The predicted octanol–water partition coefficient (Wildman–Crippen LogP) is 4.67. The highest BCUT2D eigenvalue weighted by molar-refractivity contribution is 5.85. The molecule has 0 heterocycles. The molecular weight excluding hydrogens is 320 g/mol. The van der Waals surface area contributed by atoms with E-state index in [9.17, 15) is 4.79 Å². The third-order valence-electron chi connectivity index (χ3n) is 6.72. The second kappa shape index (κ2) is 10.0. The Morgan fingerprint density at radius 1 is 0.750 bits per heavy atom. The lowest BCUT2D eigenvalue weighted by Crippen LogP contribution is -2.51.